The van der Waals surface area contributed by atoms with Crippen molar-refractivity contribution in [3.05, 3.63) is 34.7 Å². The predicted molar refractivity (Wildman–Crippen MR) is 72.8 cm³/mol. The normalized spacial score (nSPS) is 13.1. The van der Waals surface area contributed by atoms with E-state index in [9.17, 15) is 0 Å². The minimum Gasteiger partial charge on any atom is -0.467 e. The smallest absolute Gasteiger partial charge is 0.126 e. The zero-order chi connectivity index (χ0) is 13.0. The van der Waals surface area contributed by atoms with Crippen LogP contribution in [0.3, 0.4) is 0 Å². The van der Waals surface area contributed by atoms with E-state index in [1.165, 1.54) is 11.5 Å². The van der Waals surface area contributed by atoms with Crippen LogP contribution in [0.5, 0.6) is 0 Å². The molecule has 0 saturated heterocycles. The maximum Gasteiger partial charge on any atom is 0.126 e. The molecular weight excluding hydrogens is 246 g/mol. The molecule has 1 N–H and O–H groups in total. The van der Waals surface area contributed by atoms with Gasteiger partial charge in [0.2, 0.25) is 0 Å². The highest BCUT2D eigenvalue weighted by Crippen LogP contribution is 2.30. The first kappa shape index (κ1) is 13.2. The molecule has 5 heteroatoms. The fourth-order valence-corrected chi connectivity index (χ4v) is 2.76. The van der Waals surface area contributed by atoms with Gasteiger partial charge in [0.1, 0.15) is 11.8 Å². The van der Waals surface area contributed by atoms with Crippen LogP contribution in [0.2, 0.25) is 0 Å². The number of nitrogens with zero attached hydrogens (tertiary/aromatic N) is 2. The lowest BCUT2D eigenvalue weighted by Gasteiger charge is -2.16. The number of rotatable bonds is 6. The van der Waals surface area contributed by atoms with Crippen molar-refractivity contribution >= 4 is 11.5 Å². The zero-order valence-corrected chi connectivity index (χ0v) is 11.8. The second kappa shape index (κ2) is 6.11. The Morgan fingerprint density at radius 1 is 1.44 bits per heavy atom. The molecule has 2 heterocycles. The van der Waals surface area contributed by atoms with Crippen molar-refractivity contribution in [2.45, 2.75) is 39.2 Å². The zero-order valence-electron chi connectivity index (χ0n) is 11.0. The third kappa shape index (κ3) is 2.79. The highest BCUT2D eigenvalue weighted by atomic mass is 32.1. The van der Waals surface area contributed by atoms with Gasteiger partial charge in [0.25, 0.3) is 0 Å². The molecule has 1 atom stereocenters. The van der Waals surface area contributed by atoms with Crippen molar-refractivity contribution in [3.8, 4) is 0 Å². The summed E-state index contributed by atoms with van der Waals surface area (Å²) in [5.41, 5.74) is 1.06. The average Bonchev–Trinajstić information content (AvgIpc) is 3.00. The summed E-state index contributed by atoms with van der Waals surface area (Å²) in [6, 6.07) is 3.98. The molecule has 2 aromatic heterocycles. The summed E-state index contributed by atoms with van der Waals surface area (Å²) >= 11 is 1.45. The Balaban J connectivity index is 2.31. The van der Waals surface area contributed by atoms with Crippen LogP contribution in [0.25, 0.3) is 0 Å². The van der Waals surface area contributed by atoms with E-state index in [4.69, 9.17) is 4.42 Å². The molecule has 0 saturated carbocycles. The Morgan fingerprint density at radius 2 is 2.28 bits per heavy atom. The first-order chi connectivity index (χ1) is 8.74. The Labute approximate surface area is 112 Å². The van der Waals surface area contributed by atoms with E-state index in [1.54, 1.807) is 6.26 Å². The van der Waals surface area contributed by atoms with Gasteiger partial charge in [0, 0.05) is 0 Å². The molecule has 0 aromatic carbocycles. The van der Waals surface area contributed by atoms with Crippen LogP contribution in [0.1, 0.15) is 55.5 Å². The highest BCUT2D eigenvalue weighted by molar-refractivity contribution is 7.05. The van der Waals surface area contributed by atoms with E-state index in [2.05, 4.69) is 35.7 Å². The summed E-state index contributed by atoms with van der Waals surface area (Å²) in [5.74, 6) is 1.30. The third-order valence-corrected chi connectivity index (χ3v) is 3.58. The van der Waals surface area contributed by atoms with Gasteiger partial charge >= 0.3 is 0 Å². The maximum absolute atomic E-state index is 5.54. The van der Waals surface area contributed by atoms with Gasteiger partial charge in [-0.25, -0.2) is 0 Å². The van der Waals surface area contributed by atoms with Crippen molar-refractivity contribution in [2.24, 2.45) is 0 Å². The fraction of sp³-hybridized carbons (Fsp3) is 0.538. The summed E-state index contributed by atoms with van der Waals surface area (Å²) in [6.07, 6.45) is 2.79. The number of hydrogen-bond acceptors (Lipinski definition) is 5. The maximum atomic E-state index is 5.54. The van der Waals surface area contributed by atoms with Crippen LogP contribution >= 0.6 is 11.5 Å². The molecule has 0 bridgehead atoms. The fourth-order valence-electron chi connectivity index (χ4n) is 1.87. The minimum absolute atomic E-state index is 0.0670. The second-order valence-corrected chi connectivity index (χ2v) is 5.37. The lowest BCUT2D eigenvalue weighted by molar-refractivity contribution is 0.447. The summed E-state index contributed by atoms with van der Waals surface area (Å²) in [7, 11) is 0. The largest absolute Gasteiger partial charge is 0.467 e. The monoisotopic (exact) mass is 265 g/mol. The first-order valence-electron chi connectivity index (χ1n) is 6.33. The molecule has 2 rings (SSSR count). The number of furan rings is 1. The van der Waals surface area contributed by atoms with Crippen molar-refractivity contribution < 1.29 is 4.42 Å². The summed E-state index contributed by atoms with van der Waals surface area (Å²) in [4.78, 5) is 1.16. The van der Waals surface area contributed by atoms with Crippen molar-refractivity contribution in [3.63, 3.8) is 0 Å². The number of nitrogens with one attached hydrogen (secondary N) is 1. The van der Waals surface area contributed by atoms with Crippen molar-refractivity contribution in [1.82, 2.24) is 14.9 Å². The molecule has 0 amide bonds. The van der Waals surface area contributed by atoms with Gasteiger partial charge in [-0.1, -0.05) is 25.3 Å². The third-order valence-electron chi connectivity index (χ3n) is 2.78. The SMILES string of the molecule is CCCNC(c1ccco1)c1snnc1C(C)C. The Bertz CT molecular complexity index is 464. The summed E-state index contributed by atoms with van der Waals surface area (Å²) in [5, 5.41) is 7.75. The quantitative estimate of drug-likeness (QED) is 0.870. The number of aromatic nitrogens is 2. The molecule has 0 aliphatic carbocycles. The Hall–Kier alpha value is -1.20. The van der Waals surface area contributed by atoms with Gasteiger partial charge in [-0.2, -0.15) is 0 Å². The number of hydrogen-bond donors (Lipinski definition) is 1. The van der Waals surface area contributed by atoms with Crippen molar-refractivity contribution in [1.29, 1.82) is 0 Å². The van der Waals surface area contributed by atoms with Crippen LogP contribution in [0.15, 0.2) is 22.8 Å². The molecular formula is C13H19N3OS. The molecule has 4 nitrogen and oxygen atoms in total. The van der Waals surface area contributed by atoms with Gasteiger partial charge in [0.05, 0.1) is 16.8 Å². The minimum atomic E-state index is 0.0670. The van der Waals surface area contributed by atoms with Gasteiger partial charge in [-0.3, -0.25) is 0 Å². The van der Waals surface area contributed by atoms with Gasteiger partial charge in [-0.05, 0) is 42.5 Å². The Morgan fingerprint density at radius 3 is 2.89 bits per heavy atom. The predicted octanol–water partition coefficient (Wildman–Crippen LogP) is 3.34. The van der Waals surface area contributed by atoms with Crippen LogP contribution in [0.4, 0.5) is 0 Å². The molecule has 1 unspecified atom stereocenters. The van der Waals surface area contributed by atoms with Crippen molar-refractivity contribution in [2.75, 3.05) is 6.54 Å². The summed E-state index contributed by atoms with van der Waals surface area (Å²) < 4.78 is 9.63. The van der Waals surface area contributed by atoms with Gasteiger partial charge in [0.15, 0.2) is 0 Å². The van der Waals surface area contributed by atoms with E-state index >= 15 is 0 Å². The average molecular weight is 265 g/mol. The second-order valence-electron chi connectivity index (χ2n) is 4.58. The van der Waals surface area contributed by atoms with Crippen LogP contribution in [-0.2, 0) is 0 Å². The molecule has 0 aliphatic heterocycles. The van der Waals surface area contributed by atoms with Crippen LogP contribution < -0.4 is 5.32 Å². The molecule has 18 heavy (non-hydrogen) atoms. The van der Waals surface area contributed by atoms with E-state index < -0.39 is 0 Å². The van der Waals surface area contributed by atoms with E-state index in [0.29, 0.717) is 5.92 Å². The van der Waals surface area contributed by atoms with Gasteiger partial charge < -0.3 is 9.73 Å². The molecule has 0 fully saturated rings. The van der Waals surface area contributed by atoms with E-state index in [0.717, 1.165) is 29.3 Å². The van der Waals surface area contributed by atoms with Gasteiger partial charge in [-0.15, -0.1) is 5.10 Å². The van der Waals surface area contributed by atoms with Crippen LogP contribution in [0, 0.1) is 0 Å². The lowest BCUT2D eigenvalue weighted by Crippen LogP contribution is -2.23. The highest BCUT2D eigenvalue weighted by Gasteiger charge is 2.24. The molecule has 0 aliphatic rings. The molecule has 2 aromatic rings. The molecule has 0 radical (unpaired) electrons. The molecule has 98 valence electrons. The Kier molecular flexibility index (Phi) is 4.49. The van der Waals surface area contributed by atoms with E-state index in [1.807, 2.05) is 12.1 Å². The first-order valence-corrected chi connectivity index (χ1v) is 7.10. The van der Waals surface area contributed by atoms with E-state index in [-0.39, 0.29) is 6.04 Å². The topological polar surface area (TPSA) is 51.0 Å². The van der Waals surface area contributed by atoms with Crippen LogP contribution in [-0.4, -0.2) is 16.1 Å². The standard InChI is InChI=1S/C13H19N3OS/c1-4-7-14-12(10-6-5-8-17-10)13-11(9(2)3)15-16-18-13/h5-6,8-9,12,14H,4,7H2,1-3H3. The summed E-state index contributed by atoms with van der Waals surface area (Å²) in [6.45, 7) is 7.37. The molecule has 0 spiro atoms. The lowest BCUT2D eigenvalue weighted by atomic mass is 10.0.